The highest BCUT2D eigenvalue weighted by Gasteiger charge is 2.22. The van der Waals surface area contributed by atoms with Crippen molar-refractivity contribution in [2.24, 2.45) is 0 Å². The maximum absolute atomic E-state index is 13.6. The van der Waals surface area contributed by atoms with Gasteiger partial charge in [0.2, 0.25) is 0 Å². The molecule has 0 aliphatic carbocycles. The molecular formula is C21H18ClFN6. The summed E-state index contributed by atoms with van der Waals surface area (Å²) in [4.78, 5) is 19.6. The quantitative estimate of drug-likeness (QED) is 0.538. The number of anilines is 1. The first-order valence-electron chi connectivity index (χ1n) is 9.42. The molecule has 146 valence electrons. The van der Waals surface area contributed by atoms with E-state index >= 15 is 0 Å². The lowest BCUT2D eigenvalue weighted by molar-refractivity contribution is 0.586. The highest BCUT2D eigenvalue weighted by Crippen LogP contribution is 2.35. The summed E-state index contributed by atoms with van der Waals surface area (Å²) in [5.41, 5.74) is 3.20. The first-order chi connectivity index (χ1) is 14.2. The van der Waals surface area contributed by atoms with Crippen molar-refractivity contribution in [1.82, 2.24) is 25.3 Å². The summed E-state index contributed by atoms with van der Waals surface area (Å²) in [5.74, 6) is 0.882. The fraction of sp³-hybridized carbons (Fsp3) is 0.190. The zero-order chi connectivity index (χ0) is 19.8. The van der Waals surface area contributed by atoms with E-state index in [1.807, 2.05) is 24.4 Å². The van der Waals surface area contributed by atoms with Gasteiger partial charge in [0, 0.05) is 49.7 Å². The molecule has 0 bridgehead atoms. The van der Waals surface area contributed by atoms with E-state index in [1.165, 1.54) is 6.07 Å². The van der Waals surface area contributed by atoms with Crippen molar-refractivity contribution in [2.75, 3.05) is 31.1 Å². The maximum Gasteiger partial charge on any atom is 0.163 e. The van der Waals surface area contributed by atoms with E-state index in [4.69, 9.17) is 21.6 Å². The average Bonchev–Trinajstić information content (AvgIpc) is 3.20. The molecule has 1 saturated heterocycles. The Labute approximate surface area is 171 Å². The van der Waals surface area contributed by atoms with Crippen molar-refractivity contribution < 1.29 is 4.39 Å². The van der Waals surface area contributed by atoms with Crippen LogP contribution < -0.4 is 10.2 Å². The van der Waals surface area contributed by atoms with Crippen LogP contribution in [0.5, 0.6) is 0 Å². The van der Waals surface area contributed by atoms with Crippen LogP contribution in [0.2, 0.25) is 5.02 Å². The smallest absolute Gasteiger partial charge is 0.163 e. The first kappa shape index (κ1) is 18.0. The van der Waals surface area contributed by atoms with E-state index in [9.17, 15) is 4.39 Å². The number of halogens is 2. The number of H-pyrrole nitrogens is 1. The van der Waals surface area contributed by atoms with Crippen LogP contribution in [-0.4, -0.2) is 46.1 Å². The fourth-order valence-electron chi connectivity index (χ4n) is 3.61. The lowest BCUT2D eigenvalue weighted by Crippen LogP contribution is -2.44. The molecule has 2 N–H and O–H groups in total. The summed E-state index contributed by atoms with van der Waals surface area (Å²) in [5, 5.41) is 4.35. The van der Waals surface area contributed by atoms with Gasteiger partial charge < -0.3 is 15.2 Å². The molecule has 4 aromatic rings. The second kappa shape index (κ2) is 7.42. The minimum absolute atomic E-state index is 0.0515. The van der Waals surface area contributed by atoms with Crippen LogP contribution in [0.4, 0.5) is 10.2 Å². The minimum atomic E-state index is -0.462. The monoisotopic (exact) mass is 408 g/mol. The Balaban J connectivity index is 1.72. The predicted molar refractivity (Wildman–Crippen MR) is 113 cm³/mol. The molecule has 1 aliphatic rings. The van der Waals surface area contributed by atoms with Crippen molar-refractivity contribution >= 4 is 28.5 Å². The summed E-state index contributed by atoms with van der Waals surface area (Å²) < 4.78 is 13.6. The molecule has 0 radical (unpaired) electrons. The summed E-state index contributed by atoms with van der Waals surface area (Å²) >= 11 is 5.99. The molecule has 8 heteroatoms. The molecule has 1 aliphatic heterocycles. The third-order valence-electron chi connectivity index (χ3n) is 5.05. The van der Waals surface area contributed by atoms with Crippen molar-refractivity contribution in [3.8, 4) is 22.6 Å². The zero-order valence-electron chi connectivity index (χ0n) is 15.5. The molecule has 0 saturated carbocycles. The maximum atomic E-state index is 13.6. The SMILES string of the molecule is Fc1ccc(-c2nc(N3CCNCC3)c3c(-c4ccccn4)c[nH]c3n2)cc1Cl. The van der Waals surface area contributed by atoms with Gasteiger partial charge in [-0.05, 0) is 30.3 Å². The van der Waals surface area contributed by atoms with E-state index < -0.39 is 5.82 Å². The van der Waals surface area contributed by atoms with Gasteiger partial charge in [-0.2, -0.15) is 0 Å². The Morgan fingerprint density at radius 2 is 1.93 bits per heavy atom. The van der Waals surface area contributed by atoms with E-state index in [0.29, 0.717) is 17.0 Å². The largest absolute Gasteiger partial charge is 0.353 e. The van der Waals surface area contributed by atoms with Gasteiger partial charge in [-0.15, -0.1) is 0 Å². The second-order valence-corrected chi connectivity index (χ2v) is 7.28. The lowest BCUT2D eigenvalue weighted by Gasteiger charge is -2.29. The number of benzene rings is 1. The van der Waals surface area contributed by atoms with E-state index in [0.717, 1.165) is 48.6 Å². The zero-order valence-corrected chi connectivity index (χ0v) is 16.2. The van der Waals surface area contributed by atoms with Crippen LogP contribution in [0.1, 0.15) is 0 Å². The molecule has 4 heterocycles. The summed E-state index contributed by atoms with van der Waals surface area (Å²) in [6.07, 6.45) is 3.68. The molecule has 0 spiro atoms. The highest BCUT2D eigenvalue weighted by atomic mass is 35.5. The van der Waals surface area contributed by atoms with Crippen LogP contribution in [0.25, 0.3) is 33.7 Å². The van der Waals surface area contributed by atoms with Crippen LogP contribution in [-0.2, 0) is 0 Å². The minimum Gasteiger partial charge on any atom is -0.353 e. The molecule has 3 aromatic heterocycles. The molecule has 6 nitrogen and oxygen atoms in total. The molecular weight excluding hydrogens is 391 g/mol. The molecule has 0 amide bonds. The van der Waals surface area contributed by atoms with Gasteiger partial charge in [-0.1, -0.05) is 17.7 Å². The summed E-state index contributed by atoms with van der Waals surface area (Å²) in [6.45, 7) is 3.43. The number of aromatic amines is 1. The van der Waals surface area contributed by atoms with Gasteiger partial charge in [0.15, 0.2) is 5.82 Å². The normalized spacial score (nSPS) is 14.5. The van der Waals surface area contributed by atoms with Gasteiger partial charge in [-0.25, -0.2) is 14.4 Å². The Morgan fingerprint density at radius 3 is 2.69 bits per heavy atom. The molecule has 0 unspecified atom stereocenters. The number of hydrogen-bond donors (Lipinski definition) is 2. The Bertz CT molecular complexity index is 1170. The summed E-state index contributed by atoms with van der Waals surface area (Å²) in [6, 6.07) is 10.4. The third kappa shape index (κ3) is 3.32. The highest BCUT2D eigenvalue weighted by molar-refractivity contribution is 6.31. The fourth-order valence-corrected chi connectivity index (χ4v) is 3.79. The lowest BCUT2D eigenvalue weighted by atomic mass is 10.1. The number of hydrogen-bond acceptors (Lipinski definition) is 5. The number of aromatic nitrogens is 4. The molecule has 29 heavy (non-hydrogen) atoms. The Kier molecular flexibility index (Phi) is 4.61. The van der Waals surface area contributed by atoms with Crippen molar-refractivity contribution in [2.45, 2.75) is 0 Å². The average molecular weight is 409 g/mol. The van der Waals surface area contributed by atoms with E-state index in [1.54, 1.807) is 18.3 Å². The van der Waals surface area contributed by atoms with Crippen LogP contribution in [0.3, 0.4) is 0 Å². The van der Waals surface area contributed by atoms with Gasteiger partial charge in [0.25, 0.3) is 0 Å². The van der Waals surface area contributed by atoms with Gasteiger partial charge in [0.1, 0.15) is 17.3 Å². The first-order valence-corrected chi connectivity index (χ1v) is 9.80. The molecule has 1 fully saturated rings. The number of nitrogens with zero attached hydrogens (tertiary/aromatic N) is 4. The van der Waals surface area contributed by atoms with Crippen LogP contribution >= 0.6 is 11.6 Å². The standard InChI is InChI=1S/C21H18ClFN6/c22-15-11-13(4-5-16(15)23)19-27-20-18(21(28-19)29-9-7-24-8-10-29)14(12-26-20)17-3-1-2-6-25-17/h1-6,11-12,24H,7-10H2,(H,26,27,28). The number of nitrogens with one attached hydrogen (secondary N) is 2. The third-order valence-corrected chi connectivity index (χ3v) is 5.34. The number of piperazine rings is 1. The number of pyridine rings is 1. The van der Waals surface area contributed by atoms with Gasteiger partial charge in [-0.3, -0.25) is 4.98 Å². The molecule has 5 rings (SSSR count). The van der Waals surface area contributed by atoms with Crippen molar-refractivity contribution in [3.05, 3.63) is 59.6 Å². The number of rotatable bonds is 3. The second-order valence-electron chi connectivity index (χ2n) is 6.88. The van der Waals surface area contributed by atoms with Crippen LogP contribution in [0.15, 0.2) is 48.8 Å². The summed E-state index contributed by atoms with van der Waals surface area (Å²) in [7, 11) is 0. The molecule has 1 aromatic carbocycles. The Hall–Kier alpha value is -3.03. The van der Waals surface area contributed by atoms with Crippen molar-refractivity contribution in [3.63, 3.8) is 0 Å². The van der Waals surface area contributed by atoms with Gasteiger partial charge in [0.05, 0.1) is 16.1 Å². The van der Waals surface area contributed by atoms with Gasteiger partial charge >= 0.3 is 0 Å². The Morgan fingerprint density at radius 1 is 1.07 bits per heavy atom. The van der Waals surface area contributed by atoms with Crippen molar-refractivity contribution in [1.29, 1.82) is 0 Å². The topological polar surface area (TPSA) is 69.7 Å². The van der Waals surface area contributed by atoms with E-state index in [-0.39, 0.29) is 5.02 Å². The van der Waals surface area contributed by atoms with Crippen LogP contribution in [0, 0.1) is 5.82 Å². The van der Waals surface area contributed by atoms with E-state index in [2.05, 4.69) is 20.2 Å². The number of fused-ring (bicyclic) bond motifs is 1. The predicted octanol–water partition coefficient (Wildman–Crippen LogP) is 3.89. The molecule has 0 atom stereocenters.